The monoisotopic (exact) mass is 253 g/mol. The van der Waals surface area contributed by atoms with E-state index < -0.39 is 5.92 Å². The van der Waals surface area contributed by atoms with Crippen LogP contribution in [0.1, 0.15) is 12.8 Å². The zero-order valence-electron chi connectivity index (χ0n) is 10.2. The Morgan fingerprint density at radius 1 is 1.22 bits per heavy atom. The van der Waals surface area contributed by atoms with Gasteiger partial charge in [0.25, 0.3) is 5.92 Å². The summed E-state index contributed by atoms with van der Waals surface area (Å²) in [5.74, 6) is -1.85. The molecule has 0 unspecified atom stereocenters. The summed E-state index contributed by atoms with van der Waals surface area (Å²) < 4.78 is 31.1. The number of benzene rings is 1. The van der Waals surface area contributed by atoms with E-state index in [9.17, 15) is 8.78 Å². The van der Waals surface area contributed by atoms with Gasteiger partial charge in [0, 0.05) is 25.4 Å². The smallest absolute Gasteiger partial charge is 0.251 e. The van der Waals surface area contributed by atoms with Crippen molar-refractivity contribution in [2.75, 3.05) is 19.6 Å². The lowest BCUT2D eigenvalue weighted by Crippen LogP contribution is -2.53. The van der Waals surface area contributed by atoms with Gasteiger partial charge in [0.05, 0.1) is 0 Å². The van der Waals surface area contributed by atoms with Crippen molar-refractivity contribution < 1.29 is 13.5 Å². The minimum absolute atomic E-state index is 0.0881. The zero-order chi connectivity index (χ0) is 12.6. The van der Waals surface area contributed by atoms with E-state index in [1.807, 2.05) is 30.3 Å². The molecule has 1 heterocycles. The van der Waals surface area contributed by atoms with E-state index in [1.165, 1.54) is 0 Å². The van der Waals surface area contributed by atoms with Crippen LogP contribution in [-0.2, 0) is 0 Å². The fourth-order valence-electron chi connectivity index (χ4n) is 2.39. The molecule has 1 saturated carbocycles. The molecule has 3 rings (SSSR count). The number of ether oxygens (including phenoxy) is 1. The van der Waals surface area contributed by atoms with Gasteiger partial charge in [-0.1, -0.05) is 18.2 Å². The third-order valence-electron chi connectivity index (χ3n) is 3.72. The largest absolute Gasteiger partial charge is 0.488 e. The number of nitrogens with zero attached hydrogens (tertiary/aromatic N) is 1. The van der Waals surface area contributed by atoms with Crippen LogP contribution in [0.25, 0.3) is 0 Å². The van der Waals surface area contributed by atoms with Gasteiger partial charge in [0.2, 0.25) is 0 Å². The van der Waals surface area contributed by atoms with Crippen molar-refractivity contribution in [2.45, 2.75) is 24.9 Å². The van der Waals surface area contributed by atoms with Crippen LogP contribution in [0.3, 0.4) is 0 Å². The lowest BCUT2D eigenvalue weighted by Gasteiger charge is -2.39. The van der Waals surface area contributed by atoms with Gasteiger partial charge in [-0.25, -0.2) is 8.78 Å². The molecule has 1 aromatic carbocycles. The molecular weight excluding hydrogens is 236 g/mol. The Labute approximate surface area is 106 Å². The summed E-state index contributed by atoms with van der Waals surface area (Å²) >= 11 is 0. The average molecular weight is 253 g/mol. The summed E-state index contributed by atoms with van der Waals surface area (Å²) in [6.45, 7) is 2.48. The summed E-state index contributed by atoms with van der Waals surface area (Å²) in [7, 11) is 0. The van der Waals surface area contributed by atoms with E-state index in [1.54, 1.807) is 0 Å². The summed E-state index contributed by atoms with van der Waals surface area (Å²) in [5, 5.41) is 0. The summed E-state index contributed by atoms with van der Waals surface area (Å²) in [6, 6.07) is 9.72. The molecule has 0 spiro atoms. The molecule has 1 aliphatic carbocycles. The van der Waals surface area contributed by atoms with E-state index in [0.717, 1.165) is 25.4 Å². The number of likely N-dealkylation sites (tertiary alicyclic amines) is 1. The molecule has 0 aromatic heterocycles. The van der Waals surface area contributed by atoms with E-state index in [2.05, 4.69) is 4.90 Å². The van der Waals surface area contributed by atoms with Crippen LogP contribution in [0.5, 0.6) is 5.75 Å². The number of hydrogen-bond acceptors (Lipinski definition) is 2. The van der Waals surface area contributed by atoms with Gasteiger partial charge in [0.1, 0.15) is 11.9 Å². The van der Waals surface area contributed by atoms with E-state index >= 15 is 0 Å². The van der Waals surface area contributed by atoms with Crippen LogP contribution in [0.4, 0.5) is 8.78 Å². The Hall–Kier alpha value is -1.16. The first-order valence-corrected chi connectivity index (χ1v) is 6.45. The topological polar surface area (TPSA) is 12.5 Å². The predicted octanol–water partition coefficient (Wildman–Crippen LogP) is 2.79. The van der Waals surface area contributed by atoms with Crippen LogP contribution < -0.4 is 4.74 Å². The van der Waals surface area contributed by atoms with Crippen LogP contribution >= 0.6 is 0 Å². The van der Waals surface area contributed by atoms with Crippen molar-refractivity contribution in [1.82, 2.24) is 4.90 Å². The maximum Gasteiger partial charge on any atom is 0.251 e. The van der Waals surface area contributed by atoms with E-state index in [0.29, 0.717) is 6.42 Å². The maximum absolute atomic E-state index is 12.7. The Bertz CT molecular complexity index is 404. The molecule has 1 aromatic rings. The van der Waals surface area contributed by atoms with Crippen molar-refractivity contribution in [2.24, 2.45) is 5.92 Å². The molecule has 2 aliphatic rings. The number of halogens is 2. The normalized spacial score (nSPS) is 26.7. The van der Waals surface area contributed by atoms with Crippen LogP contribution in [0.15, 0.2) is 30.3 Å². The quantitative estimate of drug-likeness (QED) is 0.800. The molecule has 2 nitrogen and oxygen atoms in total. The first-order chi connectivity index (χ1) is 8.63. The molecule has 2 fully saturated rings. The molecule has 4 heteroatoms. The second kappa shape index (κ2) is 4.50. The van der Waals surface area contributed by atoms with Crippen LogP contribution in [0.2, 0.25) is 0 Å². The number of rotatable bonds is 5. The highest BCUT2D eigenvalue weighted by Gasteiger charge is 2.56. The molecule has 0 amide bonds. The van der Waals surface area contributed by atoms with Gasteiger partial charge < -0.3 is 4.74 Å². The van der Waals surface area contributed by atoms with Gasteiger partial charge >= 0.3 is 0 Å². The minimum Gasteiger partial charge on any atom is -0.488 e. The maximum atomic E-state index is 12.7. The van der Waals surface area contributed by atoms with Gasteiger partial charge in [0.15, 0.2) is 0 Å². The highest BCUT2D eigenvalue weighted by molar-refractivity contribution is 5.21. The second-order valence-corrected chi connectivity index (χ2v) is 5.26. The lowest BCUT2D eigenvalue weighted by atomic mass is 10.1. The van der Waals surface area contributed by atoms with Gasteiger partial charge in [-0.2, -0.15) is 0 Å². The molecule has 0 N–H and O–H groups in total. The fraction of sp³-hybridized carbons (Fsp3) is 0.571. The average Bonchev–Trinajstić information content (AvgIpc) is 2.91. The molecule has 18 heavy (non-hydrogen) atoms. The molecular formula is C14H17F2NO. The SMILES string of the molecule is FC1(F)C[C@H]1CCN1CC(Oc2ccccc2)C1. The van der Waals surface area contributed by atoms with Crippen LogP contribution in [-0.4, -0.2) is 36.6 Å². The third-order valence-corrected chi connectivity index (χ3v) is 3.72. The Balaban J connectivity index is 1.34. The number of hydrogen-bond donors (Lipinski definition) is 0. The molecule has 0 bridgehead atoms. The van der Waals surface area contributed by atoms with Crippen molar-refractivity contribution in [3.63, 3.8) is 0 Å². The van der Waals surface area contributed by atoms with E-state index in [4.69, 9.17) is 4.74 Å². The molecule has 1 saturated heterocycles. The van der Waals surface area contributed by atoms with Gasteiger partial charge in [-0.15, -0.1) is 0 Å². The molecule has 0 radical (unpaired) electrons. The Morgan fingerprint density at radius 3 is 2.50 bits per heavy atom. The van der Waals surface area contributed by atoms with Crippen molar-refractivity contribution in [3.05, 3.63) is 30.3 Å². The third kappa shape index (κ3) is 2.64. The predicted molar refractivity (Wildman–Crippen MR) is 65.0 cm³/mol. The standard InChI is InChI=1S/C14H17F2NO/c15-14(16)8-11(14)6-7-17-9-13(10-17)18-12-4-2-1-3-5-12/h1-5,11,13H,6-10H2/t11-/m1/s1. The van der Waals surface area contributed by atoms with Crippen molar-refractivity contribution in [3.8, 4) is 5.75 Å². The van der Waals surface area contributed by atoms with Gasteiger partial charge in [-0.05, 0) is 25.1 Å². The first-order valence-electron chi connectivity index (χ1n) is 6.45. The zero-order valence-corrected chi connectivity index (χ0v) is 10.2. The van der Waals surface area contributed by atoms with Crippen LogP contribution in [0, 0.1) is 5.92 Å². The Kier molecular flexibility index (Phi) is 2.98. The molecule has 98 valence electrons. The Morgan fingerprint density at radius 2 is 1.89 bits per heavy atom. The minimum atomic E-state index is -2.37. The fourth-order valence-corrected chi connectivity index (χ4v) is 2.39. The molecule has 1 aliphatic heterocycles. The summed E-state index contributed by atoms with van der Waals surface area (Å²) in [6.07, 6.45) is 0.919. The van der Waals surface area contributed by atoms with Crippen molar-refractivity contribution >= 4 is 0 Å². The van der Waals surface area contributed by atoms with Gasteiger partial charge in [-0.3, -0.25) is 4.90 Å². The number of alkyl halides is 2. The molecule has 1 atom stereocenters. The lowest BCUT2D eigenvalue weighted by molar-refractivity contribution is 0.0150. The highest BCUT2D eigenvalue weighted by atomic mass is 19.3. The van der Waals surface area contributed by atoms with Crippen molar-refractivity contribution in [1.29, 1.82) is 0 Å². The number of para-hydroxylation sites is 1. The summed E-state index contributed by atoms with van der Waals surface area (Å²) in [4.78, 5) is 2.18. The second-order valence-electron chi connectivity index (χ2n) is 5.26. The van der Waals surface area contributed by atoms with E-state index in [-0.39, 0.29) is 18.4 Å². The summed E-state index contributed by atoms with van der Waals surface area (Å²) in [5.41, 5.74) is 0. The first kappa shape index (κ1) is 11.9. The highest BCUT2D eigenvalue weighted by Crippen LogP contribution is 2.50.